The Morgan fingerprint density at radius 2 is 2.06 bits per heavy atom. The second-order valence-corrected chi connectivity index (χ2v) is 3.10. The molecule has 0 spiro atoms. The summed E-state index contributed by atoms with van der Waals surface area (Å²) >= 11 is 0. The lowest BCUT2D eigenvalue weighted by atomic mass is 10.3. The minimum Gasteiger partial charge on any atom is -0.284 e. The van der Waals surface area contributed by atoms with Crippen LogP contribution in [0.3, 0.4) is 0 Å². The molecule has 0 aliphatic heterocycles. The van der Waals surface area contributed by atoms with Gasteiger partial charge in [0.2, 0.25) is 0 Å². The highest BCUT2D eigenvalue weighted by molar-refractivity contribution is 5.75. The molecule has 0 radical (unpaired) electrons. The van der Waals surface area contributed by atoms with E-state index in [-0.39, 0.29) is 5.69 Å². The minimum absolute atomic E-state index is 0.00641. The lowest BCUT2D eigenvalue weighted by Crippen LogP contribution is -2.49. The van der Waals surface area contributed by atoms with Crippen molar-refractivity contribution in [3.05, 3.63) is 34.4 Å². The highest BCUT2D eigenvalue weighted by atomic mass is 16.6. The van der Waals surface area contributed by atoms with Crippen LogP contribution < -0.4 is 21.7 Å². The molecule has 92 valence electrons. The lowest BCUT2D eigenvalue weighted by molar-refractivity contribution is -0.384. The molecule has 0 atom stereocenters. The third kappa shape index (κ3) is 3.31. The molecule has 0 aliphatic rings. The van der Waals surface area contributed by atoms with Crippen LogP contribution in [0, 0.1) is 10.1 Å². The standard InChI is InChI=1S/C9H13N5O3/c1-2-13(12-9(15)11-10)7-3-5-8(6-4-7)14(16)17/h3-6H,2,10H2,1H3,(H2,11,12,15). The summed E-state index contributed by atoms with van der Waals surface area (Å²) in [6, 6.07) is 5.24. The van der Waals surface area contributed by atoms with Gasteiger partial charge < -0.3 is 0 Å². The fraction of sp³-hybridized carbons (Fsp3) is 0.222. The van der Waals surface area contributed by atoms with Gasteiger partial charge in [0.15, 0.2) is 0 Å². The molecular weight excluding hydrogens is 226 g/mol. The fourth-order valence-corrected chi connectivity index (χ4v) is 1.24. The number of hydrogen-bond acceptors (Lipinski definition) is 5. The number of rotatable bonds is 4. The van der Waals surface area contributed by atoms with Crippen LogP contribution in [0.1, 0.15) is 6.92 Å². The van der Waals surface area contributed by atoms with E-state index >= 15 is 0 Å². The number of hydrazine groups is 2. The van der Waals surface area contributed by atoms with E-state index in [2.05, 4.69) is 5.43 Å². The summed E-state index contributed by atoms with van der Waals surface area (Å²) in [5, 5.41) is 12.0. The molecule has 1 aromatic rings. The van der Waals surface area contributed by atoms with Crippen LogP contribution in [-0.2, 0) is 0 Å². The first-order chi connectivity index (χ1) is 8.08. The topological polar surface area (TPSA) is 114 Å². The van der Waals surface area contributed by atoms with Gasteiger partial charge in [-0.05, 0) is 19.1 Å². The maximum Gasteiger partial charge on any atom is 0.347 e. The van der Waals surface area contributed by atoms with E-state index in [4.69, 9.17) is 5.84 Å². The zero-order valence-corrected chi connectivity index (χ0v) is 9.21. The molecular formula is C9H13N5O3. The van der Waals surface area contributed by atoms with Gasteiger partial charge in [0.25, 0.3) is 5.69 Å². The van der Waals surface area contributed by atoms with E-state index in [1.807, 2.05) is 12.3 Å². The van der Waals surface area contributed by atoms with Gasteiger partial charge in [-0.15, -0.1) is 0 Å². The molecule has 0 fully saturated rings. The van der Waals surface area contributed by atoms with Gasteiger partial charge in [-0.3, -0.25) is 20.5 Å². The summed E-state index contributed by atoms with van der Waals surface area (Å²) < 4.78 is 0. The van der Waals surface area contributed by atoms with Crippen molar-refractivity contribution in [2.75, 3.05) is 11.6 Å². The van der Waals surface area contributed by atoms with Crippen molar-refractivity contribution < 1.29 is 9.72 Å². The molecule has 2 amide bonds. The van der Waals surface area contributed by atoms with Gasteiger partial charge in [-0.25, -0.2) is 16.1 Å². The van der Waals surface area contributed by atoms with E-state index in [1.165, 1.54) is 17.1 Å². The number of amides is 2. The Hall–Kier alpha value is -2.35. The summed E-state index contributed by atoms with van der Waals surface area (Å²) in [5.41, 5.74) is 5.02. The molecule has 17 heavy (non-hydrogen) atoms. The van der Waals surface area contributed by atoms with Gasteiger partial charge in [0.05, 0.1) is 10.6 Å². The van der Waals surface area contributed by atoms with E-state index in [0.717, 1.165) is 0 Å². The Balaban J connectivity index is 2.82. The fourth-order valence-electron chi connectivity index (χ4n) is 1.24. The Morgan fingerprint density at radius 3 is 2.47 bits per heavy atom. The number of nitro groups is 1. The zero-order chi connectivity index (χ0) is 12.8. The second-order valence-electron chi connectivity index (χ2n) is 3.10. The molecule has 0 saturated carbocycles. The Bertz CT molecular complexity index is 406. The number of anilines is 1. The Labute approximate surface area is 97.5 Å². The quantitative estimate of drug-likeness (QED) is 0.306. The van der Waals surface area contributed by atoms with Crippen LogP contribution in [0.4, 0.5) is 16.2 Å². The molecule has 0 heterocycles. The van der Waals surface area contributed by atoms with E-state index in [9.17, 15) is 14.9 Å². The first kappa shape index (κ1) is 12.7. The molecule has 0 bridgehead atoms. The average Bonchev–Trinajstić information content (AvgIpc) is 2.35. The predicted octanol–water partition coefficient (Wildman–Crippen LogP) is 0.509. The van der Waals surface area contributed by atoms with E-state index in [1.54, 1.807) is 12.1 Å². The summed E-state index contributed by atoms with van der Waals surface area (Å²) in [5.74, 6) is 4.94. The highest BCUT2D eigenvalue weighted by Gasteiger charge is 2.09. The SMILES string of the molecule is CCN(NC(=O)NN)c1ccc([N+](=O)[O-])cc1. The molecule has 0 aliphatic carbocycles. The van der Waals surface area contributed by atoms with Crippen molar-refractivity contribution in [1.29, 1.82) is 0 Å². The number of benzene rings is 1. The first-order valence-electron chi connectivity index (χ1n) is 4.87. The number of carbonyl (C=O) groups excluding carboxylic acids is 1. The van der Waals surface area contributed by atoms with Gasteiger partial charge in [-0.2, -0.15) is 0 Å². The Kier molecular flexibility index (Phi) is 4.23. The van der Waals surface area contributed by atoms with Crippen molar-refractivity contribution in [2.45, 2.75) is 6.92 Å². The van der Waals surface area contributed by atoms with Crippen molar-refractivity contribution in [2.24, 2.45) is 5.84 Å². The predicted molar refractivity (Wildman–Crippen MR) is 62.0 cm³/mol. The summed E-state index contributed by atoms with van der Waals surface area (Å²) in [6.45, 7) is 2.31. The number of non-ortho nitro benzene ring substituents is 1. The van der Waals surface area contributed by atoms with Gasteiger partial charge in [-0.1, -0.05) is 0 Å². The smallest absolute Gasteiger partial charge is 0.284 e. The van der Waals surface area contributed by atoms with Crippen molar-refractivity contribution in [3.63, 3.8) is 0 Å². The number of nitrogens with one attached hydrogen (secondary N) is 2. The third-order valence-corrected chi connectivity index (χ3v) is 2.06. The first-order valence-corrected chi connectivity index (χ1v) is 4.87. The van der Waals surface area contributed by atoms with Crippen LogP contribution >= 0.6 is 0 Å². The Morgan fingerprint density at radius 1 is 1.47 bits per heavy atom. The monoisotopic (exact) mass is 239 g/mol. The maximum atomic E-state index is 11.0. The molecule has 0 unspecified atom stereocenters. The lowest BCUT2D eigenvalue weighted by Gasteiger charge is -2.23. The number of hydrogen-bond donors (Lipinski definition) is 3. The zero-order valence-electron chi connectivity index (χ0n) is 9.21. The van der Waals surface area contributed by atoms with Crippen LogP contribution in [0.15, 0.2) is 24.3 Å². The molecule has 0 saturated heterocycles. The molecule has 0 aromatic heterocycles. The number of nitrogens with zero attached hydrogens (tertiary/aromatic N) is 2. The van der Waals surface area contributed by atoms with Crippen LogP contribution in [0.5, 0.6) is 0 Å². The van der Waals surface area contributed by atoms with Crippen LogP contribution in [-0.4, -0.2) is 17.5 Å². The van der Waals surface area contributed by atoms with Crippen molar-refractivity contribution in [1.82, 2.24) is 10.9 Å². The number of carbonyl (C=O) groups is 1. The maximum absolute atomic E-state index is 11.0. The largest absolute Gasteiger partial charge is 0.347 e. The van der Waals surface area contributed by atoms with Gasteiger partial charge in [0, 0.05) is 18.7 Å². The molecule has 4 N–H and O–H groups in total. The summed E-state index contributed by atoms with van der Waals surface area (Å²) in [7, 11) is 0. The number of nitrogens with two attached hydrogens (primary N) is 1. The molecule has 8 heteroatoms. The molecule has 8 nitrogen and oxygen atoms in total. The summed E-state index contributed by atoms with van der Waals surface area (Å²) in [6.07, 6.45) is 0. The van der Waals surface area contributed by atoms with Crippen molar-refractivity contribution >= 4 is 17.4 Å². The van der Waals surface area contributed by atoms with Gasteiger partial charge >= 0.3 is 6.03 Å². The number of nitro benzene ring substituents is 1. The summed E-state index contributed by atoms with van der Waals surface area (Å²) in [4.78, 5) is 21.0. The molecule has 1 aromatic carbocycles. The van der Waals surface area contributed by atoms with E-state index < -0.39 is 11.0 Å². The van der Waals surface area contributed by atoms with Crippen LogP contribution in [0.2, 0.25) is 0 Å². The highest BCUT2D eigenvalue weighted by Crippen LogP contribution is 2.17. The van der Waals surface area contributed by atoms with Gasteiger partial charge in [0.1, 0.15) is 0 Å². The minimum atomic E-state index is -0.565. The molecule has 1 rings (SSSR count). The van der Waals surface area contributed by atoms with E-state index in [0.29, 0.717) is 12.2 Å². The third-order valence-electron chi connectivity index (χ3n) is 2.06. The van der Waals surface area contributed by atoms with Crippen LogP contribution in [0.25, 0.3) is 0 Å². The van der Waals surface area contributed by atoms with Crippen molar-refractivity contribution in [3.8, 4) is 0 Å². The normalized spacial score (nSPS) is 9.53. The number of urea groups is 1. The second kappa shape index (κ2) is 5.66. The average molecular weight is 239 g/mol.